The van der Waals surface area contributed by atoms with Crippen LogP contribution < -0.4 is 5.32 Å². The van der Waals surface area contributed by atoms with E-state index >= 15 is 0 Å². The number of nitriles is 1. The summed E-state index contributed by atoms with van der Waals surface area (Å²) in [7, 11) is 1.65. The molecule has 0 fully saturated rings. The minimum absolute atomic E-state index is 0.264. The predicted molar refractivity (Wildman–Crippen MR) is 81.6 cm³/mol. The van der Waals surface area contributed by atoms with Gasteiger partial charge >= 0.3 is 0 Å². The molecule has 0 amide bonds. The number of methoxy groups -OCH3 is 1. The number of hydrogen-bond donors (Lipinski definition) is 1. The van der Waals surface area contributed by atoms with Gasteiger partial charge in [0.15, 0.2) is 0 Å². The third-order valence-electron chi connectivity index (χ3n) is 2.78. The molecule has 0 aliphatic carbocycles. The average molecular weight is 283 g/mol. The SMILES string of the molecule is COCCCNc1oc(/C=C/c2ccccc2)nc1C#N. The molecular weight excluding hydrogens is 266 g/mol. The number of ether oxygens (including phenoxy) is 1. The molecule has 0 aliphatic heterocycles. The van der Waals surface area contributed by atoms with Crippen molar-refractivity contribution >= 4 is 18.0 Å². The first-order chi connectivity index (χ1) is 10.3. The number of anilines is 1. The number of hydrogen-bond acceptors (Lipinski definition) is 5. The zero-order valence-electron chi connectivity index (χ0n) is 11.9. The van der Waals surface area contributed by atoms with Gasteiger partial charge in [-0.05, 0) is 18.1 Å². The summed E-state index contributed by atoms with van der Waals surface area (Å²) in [5.74, 6) is 0.811. The molecule has 0 atom stereocenters. The molecule has 21 heavy (non-hydrogen) atoms. The van der Waals surface area contributed by atoms with Crippen LogP contribution in [-0.4, -0.2) is 25.2 Å². The molecule has 0 spiro atoms. The molecule has 0 bridgehead atoms. The summed E-state index contributed by atoms with van der Waals surface area (Å²) in [5, 5.41) is 12.1. The van der Waals surface area contributed by atoms with Crippen LogP contribution in [-0.2, 0) is 4.74 Å². The van der Waals surface area contributed by atoms with E-state index in [0.717, 1.165) is 12.0 Å². The lowest BCUT2D eigenvalue weighted by Gasteiger charge is -2.01. The first-order valence-corrected chi connectivity index (χ1v) is 6.70. The van der Waals surface area contributed by atoms with E-state index in [2.05, 4.69) is 10.3 Å². The highest BCUT2D eigenvalue weighted by atomic mass is 16.5. The maximum absolute atomic E-state index is 9.06. The molecule has 1 aromatic carbocycles. The van der Waals surface area contributed by atoms with Crippen LogP contribution >= 0.6 is 0 Å². The van der Waals surface area contributed by atoms with Crippen molar-refractivity contribution in [2.24, 2.45) is 0 Å². The molecule has 0 radical (unpaired) electrons. The van der Waals surface area contributed by atoms with Crippen LogP contribution in [0.15, 0.2) is 34.7 Å². The average Bonchev–Trinajstić information content (AvgIpc) is 2.93. The van der Waals surface area contributed by atoms with Crippen LogP contribution in [0.2, 0.25) is 0 Å². The number of oxazole rings is 1. The van der Waals surface area contributed by atoms with Gasteiger partial charge in [-0.25, -0.2) is 0 Å². The molecule has 1 aromatic heterocycles. The van der Waals surface area contributed by atoms with Crippen molar-refractivity contribution in [3.8, 4) is 6.07 Å². The van der Waals surface area contributed by atoms with E-state index in [4.69, 9.17) is 14.4 Å². The fourth-order valence-corrected chi connectivity index (χ4v) is 1.75. The number of nitrogens with zero attached hydrogens (tertiary/aromatic N) is 2. The Labute approximate surface area is 123 Å². The molecule has 0 aliphatic rings. The maximum atomic E-state index is 9.06. The van der Waals surface area contributed by atoms with E-state index in [9.17, 15) is 0 Å². The van der Waals surface area contributed by atoms with Crippen LogP contribution in [0.4, 0.5) is 5.88 Å². The van der Waals surface area contributed by atoms with Crippen LogP contribution in [0.1, 0.15) is 23.6 Å². The second-order valence-electron chi connectivity index (χ2n) is 4.36. The normalized spacial score (nSPS) is 10.7. The van der Waals surface area contributed by atoms with Crippen molar-refractivity contribution in [1.29, 1.82) is 5.26 Å². The molecule has 2 aromatic rings. The predicted octanol–water partition coefficient (Wildman–Crippen LogP) is 3.17. The van der Waals surface area contributed by atoms with Gasteiger partial charge in [0.05, 0.1) is 0 Å². The van der Waals surface area contributed by atoms with Gasteiger partial charge in [0.2, 0.25) is 17.5 Å². The lowest BCUT2D eigenvalue weighted by molar-refractivity contribution is 0.197. The summed E-state index contributed by atoms with van der Waals surface area (Å²) in [6.45, 7) is 1.32. The minimum atomic E-state index is 0.264. The van der Waals surface area contributed by atoms with Gasteiger partial charge in [0.25, 0.3) is 0 Å². The standard InChI is InChI=1S/C16H17N3O2/c1-20-11-5-10-18-16-14(12-17)19-15(21-16)9-8-13-6-3-2-4-7-13/h2-4,6-9,18H,5,10-11H2,1H3/b9-8+. The molecule has 0 unspecified atom stereocenters. The summed E-state index contributed by atoms with van der Waals surface area (Å²) < 4.78 is 10.5. The molecule has 5 nitrogen and oxygen atoms in total. The van der Waals surface area contributed by atoms with Gasteiger partial charge in [-0.15, -0.1) is 0 Å². The highest BCUT2D eigenvalue weighted by molar-refractivity contribution is 5.67. The highest BCUT2D eigenvalue weighted by Gasteiger charge is 2.10. The molecule has 5 heteroatoms. The molecule has 1 heterocycles. The summed E-state index contributed by atoms with van der Waals surface area (Å²) in [4.78, 5) is 4.13. The van der Waals surface area contributed by atoms with Crippen LogP contribution in [0.3, 0.4) is 0 Å². The zero-order valence-corrected chi connectivity index (χ0v) is 11.9. The summed E-state index contributed by atoms with van der Waals surface area (Å²) >= 11 is 0. The van der Waals surface area contributed by atoms with Gasteiger partial charge in [-0.3, -0.25) is 0 Å². The van der Waals surface area contributed by atoms with E-state index in [1.807, 2.05) is 42.5 Å². The van der Waals surface area contributed by atoms with E-state index in [1.54, 1.807) is 13.2 Å². The fourth-order valence-electron chi connectivity index (χ4n) is 1.75. The van der Waals surface area contributed by atoms with E-state index in [-0.39, 0.29) is 5.69 Å². The number of nitrogens with one attached hydrogen (secondary N) is 1. The Bertz CT molecular complexity index is 627. The molecule has 2 rings (SSSR count). The lowest BCUT2D eigenvalue weighted by Crippen LogP contribution is -2.04. The first kappa shape index (κ1) is 14.8. The van der Waals surface area contributed by atoms with Gasteiger partial charge in [0, 0.05) is 26.3 Å². The molecule has 108 valence electrons. The third kappa shape index (κ3) is 4.48. The van der Waals surface area contributed by atoms with E-state index in [0.29, 0.717) is 24.9 Å². The zero-order chi connectivity index (χ0) is 14.9. The Morgan fingerprint density at radius 1 is 1.33 bits per heavy atom. The number of rotatable bonds is 7. The summed E-state index contributed by atoms with van der Waals surface area (Å²) in [5.41, 5.74) is 1.31. The summed E-state index contributed by atoms with van der Waals surface area (Å²) in [6.07, 6.45) is 4.47. The highest BCUT2D eigenvalue weighted by Crippen LogP contribution is 2.18. The number of benzene rings is 1. The molecule has 1 N–H and O–H groups in total. The second-order valence-corrected chi connectivity index (χ2v) is 4.36. The smallest absolute Gasteiger partial charge is 0.232 e. The van der Waals surface area contributed by atoms with E-state index in [1.165, 1.54) is 0 Å². The van der Waals surface area contributed by atoms with Gasteiger partial charge in [-0.2, -0.15) is 10.2 Å². The Kier molecular flexibility index (Phi) is 5.56. The number of aromatic nitrogens is 1. The Balaban J connectivity index is 2.03. The van der Waals surface area contributed by atoms with Crippen molar-refractivity contribution in [2.45, 2.75) is 6.42 Å². The third-order valence-corrected chi connectivity index (χ3v) is 2.78. The molecule has 0 saturated carbocycles. The summed E-state index contributed by atoms with van der Waals surface area (Å²) in [6, 6.07) is 11.9. The lowest BCUT2D eigenvalue weighted by atomic mass is 10.2. The second kappa shape index (κ2) is 7.88. The molecular formula is C16H17N3O2. The van der Waals surface area contributed by atoms with Crippen LogP contribution in [0.5, 0.6) is 0 Å². The van der Waals surface area contributed by atoms with E-state index < -0.39 is 0 Å². The Morgan fingerprint density at radius 2 is 2.14 bits per heavy atom. The largest absolute Gasteiger partial charge is 0.420 e. The first-order valence-electron chi connectivity index (χ1n) is 6.70. The Morgan fingerprint density at radius 3 is 2.86 bits per heavy atom. The van der Waals surface area contributed by atoms with Crippen LogP contribution in [0.25, 0.3) is 12.2 Å². The van der Waals surface area contributed by atoms with Gasteiger partial charge in [0.1, 0.15) is 6.07 Å². The maximum Gasteiger partial charge on any atom is 0.232 e. The fraction of sp³-hybridized carbons (Fsp3) is 0.250. The van der Waals surface area contributed by atoms with Gasteiger partial charge in [-0.1, -0.05) is 30.3 Å². The van der Waals surface area contributed by atoms with Crippen molar-refractivity contribution in [2.75, 3.05) is 25.6 Å². The monoisotopic (exact) mass is 283 g/mol. The van der Waals surface area contributed by atoms with Crippen molar-refractivity contribution in [3.63, 3.8) is 0 Å². The quantitative estimate of drug-likeness (QED) is 0.790. The van der Waals surface area contributed by atoms with Gasteiger partial charge < -0.3 is 14.5 Å². The van der Waals surface area contributed by atoms with Crippen LogP contribution in [0, 0.1) is 11.3 Å². The van der Waals surface area contributed by atoms with Crippen molar-refractivity contribution in [3.05, 3.63) is 47.5 Å². The molecule has 0 saturated heterocycles. The minimum Gasteiger partial charge on any atom is -0.420 e. The van der Waals surface area contributed by atoms with Crippen molar-refractivity contribution in [1.82, 2.24) is 4.98 Å². The Hall–Kier alpha value is -2.58. The van der Waals surface area contributed by atoms with Crippen molar-refractivity contribution < 1.29 is 9.15 Å². The topological polar surface area (TPSA) is 71.1 Å².